The number of nitrogens with two attached hydrogens (primary N) is 1. The number of aryl methyl sites for hydroxylation is 1. The number of nitrogens with one attached hydrogen (secondary N) is 1. The molecule has 2 aromatic carbocycles. The second kappa shape index (κ2) is 11.9. The Bertz CT molecular complexity index is 1200. The Labute approximate surface area is 204 Å². The maximum absolute atomic E-state index is 13.8. The zero-order valence-corrected chi connectivity index (χ0v) is 20.1. The highest BCUT2D eigenvalue weighted by Crippen LogP contribution is 2.24. The fraction of sp³-hybridized carbons (Fsp3) is 0.217. The van der Waals surface area contributed by atoms with E-state index in [-0.39, 0.29) is 52.8 Å². The van der Waals surface area contributed by atoms with Crippen LogP contribution in [-0.4, -0.2) is 23.6 Å². The van der Waals surface area contributed by atoms with Crippen molar-refractivity contribution in [1.29, 1.82) is 0 Å². The van der Waals surface area contributed by atoms with Crippen molar-refractivity contribution < 1.29 is 18.3 Å². The van der Waals surface area contributed by atoms with Gasteiger partial charge in [0.1, 0.15) is 28.5 Å². The molecule has 0 saturated heterocycles. The van der Waals surface area contributed by atoms with Crippen molar-refractivity contribution in [2.45, 2.75) is 20.1 Å². The van der Waals surface area contributed by atoms with E-state index in [4.69, 9.17) is 10.5 Å². The van der Waals surface area contributed by atoms with Crippen LogP contribution < -0.4 is 21.3 Å². The molecular weight excluding hydrogens is 520 g/mol. The van der Waals surface area contributed by atoms with Gasteiger partial charge in [-0.15, -0.1) is 12.4 Å². The number of pyridine rings is 1. The lowest BCUT2D eigenvalue weighted by molar-refractivity contribution is 0.0954. The maximum atomic E-state index is 13.8. The number of carbonyl (C=O) groups is 1. The largest absolute Gasteiger partial charge is 0.487 e. The molecule has 176 valence electrons. The van der Waals surface area contributed by atoms with Gasteiger partial charge in [-0.25, -0.2) is 8.78 Å². The van der Waals surface area contributed by atoms with Gasteiger partial charge in [-0.1, -0.05) is 12.1 Å². The third-order valence-corrected chi connectivity index (χ3v) is 5.50. The van der Waals surface area contributed by atoms with Crippen LogP contribution in [0.15, 0.2) is 57.8 Å². The Balaban J connectivity index is 0.00000385. The summed E-state index contributed by atoms with van der Waals surface area (Å²) in [4.78, 5) is 25.1. The van der Waals surface area contributed by atoms with Crippen molar-refractivity contribution in [2.75, 3.05) is 13.1 Å². The van der Waals surface area contributed by atoms with Gasteiger partial charge < -0.3 is 20.4 Å². The van der Waals surface area contributed by atoms with Gasteiger partial charge in [0.2, 0.25) is 0 Å². The van der Waals surface area contributed by atoms with Crippen LogP contribution in [0, 0.1) is 18.6 Å². The van der Waals surface area contributed by atoms with Crippen LogP contribution in [0.5, 0.6) is 5.75 Å². The normalized spacial score (nSPS) is 10.5. The molecule has 0 saturated carbocycles. The van der Waals surface area contributed by atoms with E-state index in [0.29, 0.717) is 24.3 Å². The van der Waals surface area contributed by atoms with Crippen molar-refractivity contribution in [3.05, 3.63) is 97.4 Å². The number of nitrogens with zero attached hydrogens (tertiary/aromatic N) is 1. The number of hydrogen-bond acceptors (Lipinski definition) is 4. The van der Waals surface area contributed by atoms with Crippen LogP contribution in [0.25, 0.3) is 0 Å². The van der Waals surface area contributed by atoms with E-state index in [1.54, 1.807) is 31.2 Å². The quantitative estimate of drug-likeness (QED) is 0.452. The number of aromatic nitrogens is 1. The van der Waals surface area contributed by atoms with E-state index in [0.717, 1.165) is 17.7 Å². The summed E-state index contributed by atoms with van der Waals surface area (Å²) in [6, 6.07) is 11.8. The van der Waals surface area contributed by atoms with Crippen molar-refractivity contribution in [1.82, 2.24) is 9.88 Å². The predicted molar refractivity (Wildman–Crippen MR) is 128 cm³/mol. The summed E-state index contributed by atoms with van der Waals surface area (Å²) in [6.45, 7) is 2.55. The zero-order valence-electron chi connectivity index (χ0n) is 17.7. The number of amides is 1. The Morgan fingerprint density at radius 3 is 2.64 bits per heavy atom. The Morgan fingerprint density at radius 2 is 1.94 bits per heavy atom. The molecule has 0 unspecified atom stereocenters. The molecule has 0 bridgehead atoms. The highest BCUT2D eigenvalue weighted by molar-refractivity contribution is 9.10. The van der Waals surface area contributed by atoms with Gasteiger partial charge >= 0.3 is 0 Å². The fourth-order valence-corrected chi connectivity index (χ4v) is 3.54. The number of ether oxygens (including phenoxy) is 1. The van der Waals surface area contributed by atoms with E-state index in [2.05, 4.69) is 21.2 Å². The SMILES string of the molecule is Cc1cc(OCc2ccc(F)cc2F)c(Br)c(=O)n1Cc1cccc(C(=O)NCCN)c1.Cl. The van der Waals surface area contributed by atoms with Gasteiger partial charge in [-0.2, -0.15) is 0 Å². The molecule has 10 heteroatoms. The summed E-state index contributed by atoms with van der Waals surface area (Å²) < 4.78 is 34.2. The first-order valence-corrected chi connectivity index (χ1v) is 10.6. The van der Waals surface area contributed by atoms with Gasteiger partial charge in [-0.3, -0.25) is 9.59 Å². The Hall–Kier alpha value is -2.75. The smallest absolute Gasteiger partial charge is 0.269 e. The summed E-state index contributed by atoms with van der Waals surface area (Å²) in [6.07, 6.45) is 0. The summed E-state index contributed by atoms with van der Waals surface area (Å²) in [5, 5.41) is 2.71. The summed E-state index contributed by atoms with van der Waals surface area (Å²) in [5.41, 5.74) is 7.11. The molecule has 0 spiro atoms. The van der Waals surface area contributed by atoms with Gasteiger partial charge in [0, 0.05) is 42.0 Å². The molecule has 0 fully saturated rings. The minimum absolute atomic E-state index is 0. The van der Waals surface area contributed by atoms with Crippen molar-refractivity contribution in [3.63, 3.8) is 0 Å². The molecular formula is C23H23BrClF2N3O3. The van der Waals surface area contributed by atoms with E-state index in [9.17, 15) is 18.4 Å². The molecule has 0 aliphatic rings. The molecule has 33 heavy (non-hydrogen) atoms. The van der Waals surface area contributed by atoms with Crippen LogP contribution in [0.2, 0.25) is 0 Å². The lowest BCUT2D eigenvalue weighted by atomic mass is 10.1. The summed E-state index contributed by atoms with van der Waals surface area (Å²) >= 11 is 3.26. The average molecular weight is 543 g/mol. The second-order valence-electron chi connectivity index (χ2n) is 7.12. The van der Waals surface area contributed by atoms with Crippen LogP contribution >= 0.6 is 28.3 Å². The first-order valence-electron chi connectivity index (χ1n) is 9.84. The van der Waals surface area contributed by atoms with E-state index < -0.39 is 11.6 Å². The summed E-state index contributed by atoms with van der Waals surface area (Å²) in [5.74, 6) is -1.38. The Kier molecular flexibility index (Phi) is 9.57. The Morgan fingerprint density at radius 1 is 1.18 bits per heavy atom. The lowest BCUT2D eigenvalue weighted by Gasteiger charge is -2.15. The maximum Gasteiger partial charge on any atom is 0.269 e. The fourth-order valence-electron chi connectivity index (χ4n) is 3.09. The topological polar surface area (TPSA) is 86.3 Å². The molecule has 1 heterocycles. The third-order valence-electron chi connectivity index (χ3n) is 4.77. The molecule has 0 aliphatic carbocycles. The van der Waals surface area contributed by atoms with Crippen molar-refractivity contribution >= 4 is 34.2 Å². The van der Waals surface area contributed by atoms with Crippen LogP contribution in [0.3, 0.4) is 0 Å². The average Bonchev–Trinajstić information content (AvgIpc) is 2.77. The van der Waals surface area contributed by atoms with E-state index in [1.807, 2.05) is 6.07 Å². The van der Waals surface area contributed by atoms with Crippen molar-refractivity contribution in [3.8, 4) is 5.75 Å². The first-order chi connectivity index (χ1) is 15.3. The molecule has 6 nitrogen and oxygen atoms in total. The van der Waals surface area contributed by atoms with E-state index in [1.165, 1.54) is 10.6 Å². The zero-order chi connectivity index (χ0) is 23.3. The van der Waals surface area contributed by atoms with Crippen LogP contribution in [0.4, 0.5) is 8.78 Å². The number of carbonyl (C=O) groups excluding carboxylic acids is 1. The highest BCUT2D eigenvalue weighted by Gasteiger charge is 2.14. The standard InChI is InChI=1S/C23H22BrF2N3O3.ClH/c1-14-9-20(32-13-17-5-6-18(25)11-19(17)26)21(24)23(31)29(14)12-15-3-2-4-16(10-15)22(30)28-8-7-27;/h2-6,9-11H,7-8,12-13,27H2,1H3,(H,28,30);1H. The molecule has 0 atom stereocenters. The molecule has 1 aromatic heterocycles. The molecule has 3 N–H and O–H groups in total. The lowest BCUT2D eigenvalue weighted by Crippen LogP contribution is -2.29. The van der Waals surface area contributed by atoms with Crippen molar-refractivity contribution in [2.24, 2.45) is 5.73 Å². The molecule has 3 rings (SSSR count). The monoisotopic (exact) mass is 541 g/mol. The number of benzene rings is 2. The predicted octanol–water partition coefficient (Wildman–Crippen LogP) is 3.94. The number of rotatable bonds is 8. The molecule has 1 amide bonds. The third kappa shape index (κ3) is 6.63. The number of hydrogen-bond donors (Lipinski definition) is 2. The van der Waals surface area contributed by atoms with Gasteiger partial charge in [0.05, 0.1) is 6.54 Å². The van der Waals surface area contributed by atoms with Crippen LogP contribution in [0.1, 0.15) is 27.2 Å². The second-order valence-corrected chi connectivity index (χ2v) is 7.92. The minimum Gasteiger partial charge on any atom is -0.487 e. The minimum atomic E-state index is -0.721. The summed E-state index contributed by atoms with van der Waals surface area (Å²) in [7, 11) is 0. The molecule has 0 aliphatic heterocycles. The first kappa shape index (κ1) is 26.5. The van der Waals surface area contributed by atoms with Gasteiger partial charge in [0.25, 0.3) is 11.5 Å². The van der Waals surface area contributed by atoms with Gasteiger partial charge in [0.15, 0.2) is 0 Å². The molecule has 3 aromatic rings. The highest BCUT2D eigenvalue weighted by atomic mass is 79.9. The molecule has 0 radical (unpaired) electrons. The van der Waals surface area contributed by atoms with E-state index >= 15 is 0 Å². The van der Waals surface area contributed by atoms with Gasteiger partial charge in [-0.05, 0) is 52.7 Å². The van der Waals surface area contributed by atoms with Crippen LogP contribution in [-0.2, 0) is 13.2 Å². The number of halogens is 4.